The van der Waals surface area contributed by atoms with Crippen LogP contribution in [0.1, 0.15) is 49.9 Å². The van der Waals surface area contributed by atoms with E-state index < -0.39 is 0 Å². The van der Waals surface area contributed by atoms with Crippen molar-refractivity contribution in [2.75, 3.05) is 34.4 Å². The maximum absolute atomic E-state index is 13.2. The minimum Gasteiger partial charge on any atom is -0.493 e. The number of likely N-dealkylation sites (tertiary alicyclic amines) is 2. The van der Waals surface area contributed by atoms with E-state index in [1.165, 1.54) is 12.8 Å². The molecule has 3 rings (SSSR count). The third-order valence-electron chi connectivity index (χ3n) is 6.04. The average Bonchev–Trinajstić information content (AvgIpc) is 3.04. The molecule has 0 saturated carbocycles. The lowest BCUT2D eigenvalue weighted by molar-refractivity contribution is 0.0486. The van der Waals surface area contributed by atoms with Crippen LogP contribution in [0.25, 0.3) is 0 Å². The molecule has 2 heterocycles. The number of carbonyl (C=O) groups is 1. The minimum atomic E-state index is 0.0263. The number of methoxy groups -OCH3 is 3. The largest absolute Gasteiger partial charge is 0.493 e. The normalized spacial score (nSPS) is 26.1. The van der Waals surface area contributed by atoms with E-state index in [9.17, 15) is 4.79 Å². The van der Waals surface area contributed by atoms with Crippen LogP contribution in [0.5, 0.6) is 17.2 Å². The van der Waals surface area contributed by atoms with Gasteiger partial charge in [-0.1, -0.05) is 0 Å². The number of hydrogen-bond acceptors (Lipinski definition) is 5. The molecule has 1 amide bonds. The van der Waals surface area contributed by atoms with Crippen LogP contribution in [0.15, 0.2) is 12.1 Å². The Morgan fingerprint density at radius 3 is 2.07 bits per heavy atom. The fourth-order valence-electron chi connectivity index (χ4n) is 4.70. The van der Waals surface area contributed by atoms with Gasteiger partial charge in [-0.25, -0.2) is 0 Å². The van der Waals surface area contributed by atoms with Crippen molar-refractivity contribution in [3.05, 3.63) is 17.7 Å². The molecule has 0 spiro atoms. The molecule has 3 atom stereocenters. The summed E-state index contributed by atoms with van der Waals surface area (Å²) in [6.45, 7) is 6.19. The van der Waals surface area contributed by atoms with Gasteiger partial charge < -0.3 is 19.1 Å². The fourth-order valence-corrected chi connectivity index (χ4v) is 4.70. The Labute approximate surface area is 162 Å². The van der Waals surface area contributed by atoms with Crippen LogP contribution in [0, 0.1) is 0 Å². The lowest BCUT2D eigenvalue weighted by Crippen LogP contribution is -2.52. The topological polar surface area (TPSA) is 51.2 Å². The standard InChI is InChI=1S/C21H32N2O4/c1-14-8-9-15(2)23(14)17-7-6-10-22(13-17)21(24)16-11-18(25-3)20(27-5)19(12-16)26-4/h11-12,14-15,17H,6-10,13H2,1-5H3/t14-,15-,17-/m0/s1. The van der Waals surface area contributed by atoms with Crippen molar-refractivity contribution in [2.24, 2.45) is 0 Å². The van der Waals surface area contributed by atoms with E-state index in [0.29, 0.717) is 40.9 Å². The van der Waals surface area contributed by atoms with E-state index in [2.05, 4.69) is 18.7 Å². The smallest absolute Gasteiger partial charge is 0.254 e. The number of amides is 1. The number of carbonyl (C=O) groups excluding carboxylic acids is 1. The quantitative estimate of drug-likeness (QED) is 0.790. The highest BCUT2D eigenvalue weighted by molar-refractivity contribution is 5.95. The highest BCUT2D eigenvalue weighted by Crippen LogP contribution is 2.39. The first-order valence-electron chi connectivity index (χ1n) is 9.86. The van der Waals surface area contributed by atoms with Gasteiger partial charge in [-0.3, -0.25) is 9.69 Å². The van der Waals surface area contributed by atoms with Gasteiger partial charge in [0.2, 0.25) is 5.75 Å². The van der Waals surface area contributed by atoms with Gasteiger partial charge in [-0.15, -0.1) is 0 Å². The summed E-state index contributed by atoms with van der Waals surface area (Å²) in [6, 6.07) is 5.13. The number of rotatable bonds is 5. The molecule has 0 aliphatic carbocycles. The third kappa shape index (κ3) is 3.86. The first-order valence-corrected chi connectivity index (χ1v) is 9.86. The summed E-state index contributed by atoms with van der Waals surface area (Å²) in [6.07, 6.45) is 4.70. The van der Waals surface area contributed by atoms with E-state index in [-0.39, 0.29) is 5.91 Å². The summed E-state index contributed by atoms with van der Waals surface area (Å²) >= 11 is 0. The van der Waals surface area contributed by atoms with Crippen LogP contribution in [0.2, 0.25) is 0 Å². The van der Waals surface area contributed by atoms with Crippen molar-refractivity contribution in [3.63, 3.8) is 0 Å². The first-order chi connectivity index (χ1) is 13.0. The molecule has 0 aromatic heterocycles. The SMILES string of the molecule is COc1cc(C(=O)N2CCC[C@H](N3[C@@H](C)CC[C@@H]3C)C2)cc(OC)c1OC. The molecule has 0 N–H and O–H groups in total. The Balaban J connectivity index is 1.81. The lowest BCUT2D eigenvalue weighted by atomic mass is 10.0. The number of piperidine rings is 1. The summed E-state index contributed by atoms with van der Waals surface area (Å²) in [5, 5.41) is 0. The summed E-state index contributed by atoms with van der Waals surface area (Å²) in [5.74, 6) is 1.55. The van der Waals surface area contributed by atoms with Gasteiger partial charge in [-0.2, -0.15) is 0 Å². The van der Waals surface area contributed by atoms with E-state index in [1.54, 1.807) is 33.5 Å². The van der Waals surface area contributed by atoms with Gasteiger partial charge >= 0.3 is 0 Å². The van der Waals surface area contributed by atoms with Crippen LogP contribution in [-0.2, 0) is 0 Å². The van der Waals surface area contributed by atoms with E-state index in [4.69, 9.17) is 14.2 Å². The maximum atomic E-state index is 13.2. The predicted molar refractivity (Wildman–Crippen MR) is 105 cm³/mol. The maximum Gasteiger partial charge on any atom is 0.254 e. The summed E-state index contributed by atoms with van der Waals surface area (Å²) in [4.78, 5) is 17.8. The Kier molecular flexibility index (Phi) is 6.15. The van der Waals surface area contributed by atoms with Crippen molar-refractivity contribution in [3.8, 4) is 17.2 Å². The second-order valence-electron chi connectivity index (χ2n) is 7.68. The first kappa shape index (κ1) is 19.8. The van der Waals surface area contributed by atoms with Crippen molar-refractivity contribution >= 4 is 5.91 Å². The minimum absolute atomic E-state index is 0.0263. The zero-order valence-corrected chi connectivity index (χ0v) is 17.2. The zero-order valence-electron chi connectivity index (χ0n) is 17.2. The molecule has 0 unspecified atom stereocenters. The number of hydrogen-bond donors (Lipinski definition) is 0. The van der Waals surface area contributed by atoms with E-state index in [0.717, 1.165) is 25.9 Å². The molecule has 2 aliphatic rings. The van der Waals surface area contributed by atoms with Gasteiger partial charge in [-0.05, 0) is 51.7 Å². The average molecular weight is 376 g/mol. The molecule has 1 aromatic rings. The summed E-state index contributed by atoms with van der Waals surface area (Å²) in [7, 11) is 4.70. The predicted octanol–water partition coefficient (Wildman–Crippen LogP) is 3.19. The van der Waals surface area contributed by atoms with Crippen LogP contribution >= 0.6 is 0 Å². The van der Waals surface area contributed by atoms with Crippen molar-refractivity contribution in [2.45, 2.75) is 57.7 Å². The zero-order chi connectivity index (χ0) is 19.6. The number of ether oxygens (including phenoxy) is 3. The van der Waals surface area contributed by atoms with Gasteiger partial charge in [0.25, 0.3) is 5.91 Å². The number of benzene rings is 1. The molecule has 2 fully saturated rings. The Bertz CT molecular complexity index is 643. The van der Waals surface area contributed by atoms with Crippen LogP contribution in [0.3, 0.4) is 0 Å². The fraction of sp³-hybridized carbons (Fsp3) is 0.667. The Morgan fingerprint density at radius 1 is 0.963 bits per heavy atom. The van der Waals surface area contributed by atoms with E-state index >= 15 is 0 Å². The molecule has 27 heavy (non-hydrogen) atoms. The van der Waals surface area contributed by atoms with Crippen molar-refractivity contribution < 1.29 is 19.0 Å². The molecule has 2 aliphatic heterocycles. The van der Waals surface area contributed by atoms with Crippen LogP contribution in [0.4, 0.5) is 0 Å². The number of nitrogens with zero attached hydrogens (tertiary/aromatic N) is 2. The Hall–Kier alpha value is -1.95. The second kappa shape index (κ2) is 8.38. The van der Waals surface area contributed by atoms with Crippen LogP contribution < -0.4 is 14.2 Å². The van der Waals surface area contributed by atoms with Gasteiger partial charge in [0.05, 0.1) is 21.3 Å². The highest BCUT2D eigenvalue weighted by Gasteiger charge is 2.36. The summed E-state index contributed by atoms with van der Waals surface area (Å²) in [5.41, 5.74) is 0.577. The molecular formula is C21H32N2O4. The second-order valence-corrected chi connectivity index (χ2v) is 7.68. The highest BCUT2D eigenvalue weighted by atomic mass is 16.5. The molecule has 6 nitrogen and oxygen atoms in total. The lowest BCUT2D eigenvalue weighted by Gasteiger charge is -2.41. The molecule has 0 bridgehead atoms. The van der Waals surface area contributed by atoms with Gasteiger partial charge in [0.1, 0.15) is 0 Å². The Morgan fingerprint density at radius 2 is 1.56 bits per heavy atom. The monoisotopic (exact) mass is 376 g/mol. The van der Waals surface area contributed by atoms with Crippen molar-refractivity contribution in [1.82, 2.24) is 9.80 Å². The molecule has 0 radical (unpaired) electrons. The third-order valence-corrected chi connectivity index (χ3v) is 6.04. The van der Waals surface area contributed by atoms with Crippen LogP contribution in [-0.4, -0.2) is 68.3 Å². The molecule has 2 saturated heterocycles. The van der Waals surface area contributed by atoms with Gasteiger partial charge in [0, 0.05) is 36.8 Å². The summed E-state index contributed by atoms with van der Waals surface area (Å²) < 4.78 is 16.2. The molecule has 1 aromatic carbocycles. The van der Waals surface area contributed by atoms with Crippen molar-refractivity contribution in [1.29, 1.82) is 0 Å². The molecular weight excluding hydrogens is 344 g/mol. The van der Waals surface area contributed by atoms with Gasteiger partial charge in [0.15, 0.2) is 11.5 Å². The van der Waals surface area contributed by atoms with E-state index in [1.807, 2.05) is 4.90 Å². The molecule has 6 heteroatoms. The molecule has 150 valence electrons.